The van der Waals surface area contributed by atoms with Gasteiger partial charge in [-0.3, -0.25) is 0 Å². The van der Waals surface area contributed by atoms with Crippen LogP contribution in [0.1, 0.15) is 37.5 Å². The van der Waals surface area contributed by atoms with Gasteiger partial charge in [0.2, 0.25) is 0 Å². The SMILES string of the molecule is Cc1cc(F)cc2c1OCc1c-2ccc2c1CC(C)C(C)(C)N2. The quantitative estimate of drug-likeness (QED) is 0.733. The number of ether oxygens (including phenoxy) is 1. The number of halogens is 1. The highest BCUT2D eigenvalue weighted by molar-refractivity contribution is 5.80. The van der Waals surface area contributed by atoms with Crippen molar-refractivity contribution in [3.63, 3.8) is 0 Å². The maximum Gasteiger partial charge on any atom is 0.130 e. The molecule has 3 heteroatoms. The lowest BCUT2D eigenvalue weighted by molar-refractivity contribution is 0.294. The van der Waals surface area contributed by atoms with Crippen LogP contribution >= 0.6 is 0 Å². The van der Waals surface area contributed by atoms with E-state index in [1.165, 1.54) is 22.9 Å². The molecule has 2 aliphatic heterocycles. The molecule has 23 heavy (non-hydrogen) atoms. The van der Waals surface area contributed by atoms with E-state index in [0.717, 1.165) is 28.9 Å². The molecule has 0 radical (unpaired) electrons. The summed E-state index contributed by atoms with van der Waals surface area (Å²) in [7, 11) is 0. The lowest BCUT2D eigenvalue weighted by atomic mass is 9.77. The highest BCUT2D eigenvalue weighted by atomic mass is 19.1. The van der Waals surface area contributed by atoms with E-state index in [1.807, 2.05) is 6.92 Å². The van der Waals surface area contributed by atoms with Crippen molar-refractivity contribution in [1.29, 1.82) is 0 Å². The van der Waals surface area contributed by atoms with Crippen LogP contribution in [-0.4, -0.2) is 5.54 Å². The van der Waals surface area contributed by atoms with Crippen LogP contribution in [0.5, 0.6) is 5.75 Å². The second-order valence-electron chi connectivity index (χ2n) is 7.46. The number of hydrogen-bond acceptors (Lipinski definition) is 2. The second kappa shape index (κ2) is 4.73. The van der Waals surface area contributed by atoms with Gasteiger partial charge in [0, 0.05) is 22.4 Å². The summed E-state index contributed by atoms with van der Waals surface area (Å²) >= 11 is 0. The predicted octanol–water partition coefficient (Wildman–Crippen LogP) is 5.08. The molecule has 0 saturated carbocycles. The van der Waals surface area contributed by atoms with E-state index in [-0.39, 0.29) is 11.4 Å². The van der Waals surface area contributed by atoms with Crippen molar-refractivity contribution >= 4 is 5.69 Å². The third-order valence-corrected chi connectivity index (χ3v) is 5.52. The summed E-state index contributed by atoms with van der Waals surface area (Å²) in [5.41, 5.74) is 6.64. The number of nitrogens with one attached hydrogen (secondary N) is 1. The van der Waals surface area contributed by atoms with Gasteiger partial charge in [-0.05, 0) is 68.0 Å². The molecule has 0 aliphatic carbocycles. The van der Waals surface area contributed by atoms with E-state index < -0.39 is 0 Å². The Kier molecular flexibility index (Phi) is 2.99. The largest absolute Gasteiger partial charge is 0.488 e. The zero-order valence-corrected chi connectivity index (χ0v) is 14.1. The zero-order chi connectivity index (χ0) is 16.4. The van der Waals surface area contributed by atoms with E-state index in [1.54, 1.807) is 6.07 Å². The Morgan fingerprint density at radius 1 is 1.17 bits per heavy atom. The molecule has 1 atom stereocenters. The molecule has 2 aromatic rings. The molecule has 4 rings (SSSR count). The molecule has 1 N–H and O–H groups in total. The standard InChI is InChI=1S/C20H22FNO/c1-11-7-13(21)9-16-14-5-6-18-15(17(14)10-23-19(11)16)8-12(2)20(3,4)22-18/h5-7,9,12,22H,8,10H2,1-4H3. The highest BCUT2D eigenvalue weighted by Gasteiger charge is 2.34. The molecular formula is C20H22FNO. The van der Waals surface area contributed by atoms with Crippen molar-refractivity contribution in [2.45, 2.75) is 46.3 Å². The van der Waals surface area contributed by atoms with Gasteiger partial charge in [0.25, 0.3) is 0 Å². The molecule has 2 heterocycles. The number of fused-ring (bicyclic) bond motifs is 5. The number of aryl methyl sites for hydroxylation is 1. The molecule has 120 valence electrons. The van der Waals surface area contributed by atoms with Crippen LogP contribution in [0.15, 0.2) is 24.3 Å². The zero-order valence-electron chi connectivity index (χ0n) is 14.1. The minimum atomic E-state index is -0.206. The van der Waals surface area contributed by atoms with E-state index in [4.69, 9.17) is 4.74 Å². The Morgan fingerprint density at radius 2 is 1.96 bits per heavy atom. The average molecular weight is 311 g/mol. The summed E-state index contributed by atoms with van der Waals surface area (Å²) in [6, 6.07) is 7.37. The first-order valence-electron chi connectivity index (χ1n) is 8.23. The fourth-order valence-corrected chi connectivity index (χ4v) is 3.76. The molecule has 0 spiro atoms. The fraction of sp³-hybridized carbons (Fsp3) is 0.400. The molecule has 0 saturated heterocycles. The van der Waals surface area contributed by atoms with Crippen molar-refractivity contribution in [3.05, 3.63) is 46.8 Å². The van der Waals surface area contributed by atoms with E-state index in [9.17, 15) is 4.39 Å². The van der Waals surface area contributed by atoms with Crippen LogP contribution in [0, 0.1) is 18.7 Å². The van der Waals surface area contributed by atoms with Gasteiger partial charge in [-0.1, -0.05) is 13.0 Å². The van der Waals surface area contributed by atoms with Crippen LogP contribution in [-0.2, 0) is 13.0 Å². The van der Waals surface area contributed by atoms with Crippen LogP contribution in [0.2, 0.25) is 0 Å². The maximum absolute atomic E-state index is 13.9. The van der Waals surface area contributed by atoms with Gasteiger partial charge in [0.15, 0.2) is 0 Å². The van der Waals surface area contributed by atoms with Gasteiger partial charge < -0.3 is 10.1 Å². The van der Waals surface area contributed by atoms with Crippen molar-refractivity contribution < 1.29 is 9.13 Å². The molecular weight excluding hydrogens is 289 g/mol. The Bertz CT molecular complexity index is 810. The van der Waals surface area contributed by atoms with Gasteiger partial charge in [-0.15, -0.1) is 0 Å². The number of rotatable bonds is 0. The lowest BCUT2D eigenvalue weighted by Gasteiger charge is -2.41. The summed E-state index contributed by atoms with van der Waals surface area (Å²) in [5, 5.41) is 3.65. The maximum atomic E-state index is 13.9. The summed E-state index contributed by atoms with van der Waals surface area (Å²) in [6.07, 6.45) is 1.02. The Labute approximate surface area is 136 Å². The first-order valence-corrected chi connectivity index (χ1v) is 8.23. The van der Waals surface area contributed by atoms with Crippen molar-refractivity contribution in [3.8, 4) is 16.9 Å². The summed E-state index contributed by atoms with van der Waals surface area (Å²) < 4.78 is 19.9. The molecule has 2 nitrogen and oxygen atoms in total. The Hall–Kier alpha value is -2.03. The molecule has 0 bridgehead atoms. The topological polar surface area (TPSA) is 21.3 Å². The molecule has 0 fully saturated rings. The fourth-order valence-electron chi connectivity index (χ4n) is 3.76. The lowest BCUT2D eigenvalue weighted by Crippen LogP contribution is -2.43. The van der Waals surface area contributed by atoms with Gasteiger partial charge >= 0.3 is 0 Å². The molecule has 2 aromatic carbocycles. The van der Waals surface area contributed by atoms with E-state index in [2.05, 4.69) is 38.2 Å². The molecule has 2 aliphatic rings. The Morgan fingerprint density at radius 3 is 2.74 bits per heavy atom. The normalized spacial score (nSPS) is 20.7. The summed E-state index contributed by atoms with van der Waals surface area (Å²) in [4.78, 5) is 0. The van der Waals surface area contributed by atoms with Gasteiger partial charge in [0.1, 0.15) is 18.2 Å². The predicted molar refractivity (Wildman–Crippen MR) is 91.5 cm³/mol. The Balaban J connectivity index is 1.91. The summed E-state index contributed by atoms with van der Waals surface area (Å²) in [6.45, 7) is 9.22. The number of hydrogen-bond donors (Lipinski definition) is 1. The van der Waals surface area contributed by atoms with Gasteiger partial charge in [-0.25, -0.2) is 4.39 Å². The molecule has 1 unspecified atom stereocenters. The average Bonchev–Trinajstić information content (AvgIpc) is 2.47. The minimum absolute atomic E-state index is 0.0807. The van der Waals surface area contributed by atoms with Crippen molar-refractivity contribution in [2.24, 2.45) is 5.92 Å². The monoisotopic (exact) mass is 311 g/mol. The van der Waals surface area contributed by atoms with E-state index >= 15 is 0 Å². The number of anilines is 1. The van der Waals surface area contributed by atoms with Gasteiger partial charge in [0.05, 0.1) is 0 Å². The van der Waals surface area contributed by atoms with Crippen molar-refractivity contribution in [1.82, 2.24) is 0 Å². The van der Waals surface area contributed by atoms with Crippen LogP contribution in [0.25, 0.3) is 11.1 Å². The molecule has 0 amide bonds. The van der Waals surface area contributed by atoms with Crippen LogP contribution in [0.4, 0.5) is 10.1 Å². The molecule has 0 aromatic heterocycles. The summed E-state index contributed by atoms with van der Waals surface area (Å²) in [5.74, 6) is 1.14. The third-order valence-electron chi connectivity index (χ3n) is 5.52. The third kappa shape index (κ3) is 2.13. The van der Waals surface area contributed by atoms with Crippen molar-refractivity contribution in [2.75, 3.05) is 5.32 Å². The van der Waals surface area contributed by atoms with Crippen LogP contribution < -0.4 is 10.1 Å². The first kappa shape index (κ1) is 14.6. The van der Waals surface area contributed by atoms with E-state index in [0.29, 0.717) is 12.5 Å². The first-order chi connectivity index (χ1) is 10.9. The smallest absolute Gasteiger partial charge is 0.130 e. The second-order valence-corrected chi connectivity index (χ2v) is 7.46. The minimum Gasteiger partial charge on any atom is -0.488 e. The highest BCUT2D eigenvalue weighted by Crippen LogP contribution is 2.45. The van der Waals surface area contributed by atoms with Crippen LogP contribution in [0.3, 0.4) is 0 Å². The number of benzene rings is 2. The van der Waals surface area contributed by atoms with Gasteiger partial charge in [-0.2, -0.15) is 0 Å².